The van der Waals surface area contributed by atoms with Gasteiger partial charge in [0, 0.05) is 16.3 Å². The fourth-order valence-corrected chi connectivity index (χ4v) is 4.00. The zero-order valence-electron chi connectivity index (χ0n) is 19.9. The molecule has 0 unspecified atom stereocenters. The summed E-state index contributed by atoms with van der Waals surface area (Å²) in [5.41, 5.74) is 5.42. The molecule has 0 aliphatic carbocycles. The molecule has 0 bridgehead atoms. The number of nitrogens with zero attached hydrogens (tertiary/aromatic N) is 1. The number of anilines is 1. The predicted octanol–water partition coefficient (Wildman–Crippen LogP) is 7.54. The third-order valence-corrected chi connectivity index (χ3v) is 6.48. The van der Waals surface area contributed by atoms with Crippen LogP contribution in [0.5, 0.6) is 5.75 Å². The van der Waals surface area contributed by atoms with E-state index in [0.29, 0.717) is 28.6 Å². The summed E-state index contributed by atoms with van der Waals surface area (Å²) in [4.78, 5) is 13.0. The van der Waals surface area contributed by atoms with Crippen molar-refractivity contribution in [3.05, 3.63) is 111 Å². The number of carbonyl (C=O) groups excluding carboxylic acids is 1. The Labute approximate surface area is 210 Å². The summed E-state index contributed by atoms with van der Waals surface area (Å²) in [5.74, 6) is 0.0901. The van der Waals surface area contributed by atoms with Gasteiger partial charge in [-0.3, -0.25) is 4.79 Å². The quantitative estimate of drug-likeness (QED) is 0.229. The van der Waals surface area contributed by atoms with Gasteiger partial charge in [-0.1, -0.05) is 66.2 Å². The van der Waals surface area contributed by atoms with Crippen molar-refractivity contribution >= 4 is 40.0 Å². The molecule has 4 aromatic carbocycles. The minimum Gasteiger partial charge on any atom is -0.488 e. The Balaban J connectivity index is 1.71. The first-order valence-corrected chi connectivity index (χ1v) is 11.6. The van der Waals surface area contributed by atoms with Crippen molar-refractivity contribution in [2.75, 3.05) is 5.32 Å². The average molecular weight is 481 g/mol. The van der Waals surface area contributed by atoms with Gasteiger partial charge in [0.05, 0.1) is 0 Å². The van der Waals surface area contributed by atoms with Crippen LogP contribution in [0.25, 0.3) is 16.8 Å². The van der Waals surface area contributed by atoms with Crippen LogP contribution in [0.15, 0.2) is 78.4 Å². The van der Waals surface area contributed by atoms with Crippen LogP contribution in [0.4, 0.5) is 5.69 Å². The minimum absolute atomic E-state index is 0.0308. The van der Waals surface area contributed by atoms with E-state index < -0.39 is 5.91 Å². The second-order valence-electron chi connectivity index (χ2n) is 8.44. The Kier molecular flexibility index (Phi) is 7.19. The lowest BCUT2D eigenvalue weighted by Gasteiger charge is -2.14. The molecular weight excluding hydrogens is 456 g/mol. The maximum absolute atomic E-state index is 13.0. The summed E-state index contributed by atoms with van der Waals surface area (Å²) < 4.78 is 6.20. The molecule has 4 rings (SSSR count). The highest BCUT2D eigenvalue weighted by atomic mass is 35.5. The van der Waals surface area contributed by atoms with E-state index in [9.17, 15) is 10.1 Å². The molecule has 0 aromatic heterocycles. The maximum Gasteiger partial charge on any atom is 0.266 e. The molecule has 174 valence electrons. The molecule has 0 spiro atoms. The summed E-state index contributed by atoms with van der Waals surface area (Å²) in [7, 11) is 0. The standard InChI is InChI=1S/C30H25ClN2O2/c1-19-11-12-22(15-20(19)2)18-35-29-14-13-23-7-4-5-8-25(23)26(29)16-24(17-32)30(34)33-28-10-6-9-27(31)21(28)3/h4-16H,18H2,1-3H3,(H,33,34)/b24-16+. The first kappa shape index (κ1) is 24.1. The number of aryl methyl sites for hydroxylation is 2. The van der Waals surface area contributed by atoms with Crippen molar-refractivity contribution in [2.45, 2.75) is 27.4 Å². The average Bonchev–Trinajstić information content (AvgIpc) is 2.86. The number of benzene rings is 4. The zero-order valence-corrected chi connectivity index (χ0v) is 20.6. The Hall–Kier alpha value is -4.07. The van der Waals surface area contributed by atoms with Gasteiger partial charge in [0.25, 0.3) is 5.91 Å². The Morgan fingerprint density at radius 2 is 1.80 bits per heavy atom. The van der Waals surface area contributed by atoms with Gasteiger partial charge in [-0.2, -0.15) is 5.26 Å². The lowest BCUT2D eigenvalue weighted by molar-refractivity contribution is -0.112. The molecule has 0 fully saturated rings. The predicted molar refractivity (Wildman–Crippen MR) is 143 cm³/mol. The highest BCUT2D eigenvalue weighted by Crippen LogP contribution is 2.31. The van der Waals surface area contributed by atoms with Gasteiger partial charge in [-0.15, -0.1) is 0 Å². The summed E-state index contributed by atoms with van der Waals surface area (Å²) in [6.45, 7) is 6.33. The zero-order chi connectivity index (χ0) is 24.9. The molecule has 1 amide bonds. The van der Waals surface area contributed by atoms with Crippen LogP contribution < -0.4 is 10.1 Å². The number of fused-ring (bicyclic) bond motifs is 1. The van der Waals surface area contributed by atoms with Crippen LogP contribution in [-0.2, 0) is 11.4 Å². The van der Waals surface area contributed by atoms with E-state index in [4.69, 9.17) is 16.3 Å². The molecule has 0 atom stereocenters. The van der Waals surface area contributed by atoms with Gasteiger partial charge in [0.2, 0.25) is 0 Å². The van der Waals surface area contributed by atoms with E-state index in [2.05, 4.69) is 31.3 Å². The molecule has 0 aliphatic heterocycles. The summed E-state index contributed by atoms with van der Waals surface area (Å²) >= 11 is 6.18. The number of hydrogen-bond acceptors (Lipinski definition) is 3. The number of ether oxygens (including phenoxy) is 1. The molecule has 1 N–H and O–H groups in total. The Morgan fingerprint density at radius 1 is 1.00 bits per heavy atom. The number of rotatable bonds is 6. The number of halogens is 1. The molecule has 0 saturated heterocycles. The van der Waals surface area contributed by atoms with Crippen molar-refractivity contribution in [1.82, 2.24) is 0 Å². The van der Waals surface area contributed by atoms with E-state index >= 15 is 0 Å². The Bertz CT molecular complexity index is 1500. The smallest absolute Gasteiger partial charge is 0.266 e. The van der Waals surface area contributed by atoms with Crippen LogP contribution in [0.2, 0.25) is 5.02 Å². The van der Waals surface area contributed by atoms with Crippen LogP contribution in [-0.4, -0.2) is 5.91 Å². The van der Waals surface area contributed by atoms with Gasteiger partial charge >= 0.3 is 0 Å². The Morgan fingerprint density at radius 3 is 2.57 bits per heavy atom. The molecule has 0 radical (unpaired) electrons. The monoisotopic (exact) mass is 480 g/mol. The number of hydrogen-bond donors (Lipinski definition) is 1. The van der Waals surface area contributed by atoms with E-state index in [-0.39, 0.29) is 5.57 Å². The molecule has 4 nitrogen and oxygen atoms in total. The van der Waals surface area contributed by atoms with Crippen molar-refractivity contribution in [2.24, 2.45) is 0 Å². The lowest BCUT2D eigenvalue weighted by atomic mass is 10.0. The topological polar surface area (TPSA) is 62.1 Å². The van der Waals surface area contributed by atoms with Crippen molar-refractivity contribution < 1.29 is 9.53 Å². The van der Waals surface area contributed by atoms with Gasteiger partial charge in [-0.25, -0.2) is 0 Å². The van der Waals surface area contributed by atoms with Crippen LogP contribution in [0, 0.1) is 32.1 Å². The second-order valence-corrected chi connectivity index (χ2v) is 8.85. The van der Waals surface area contributed by atoms with Crippen LogP contribution in [0.1, 0.15) is 27.8 Å². The molecule has 35 heavy (non-hydrogen) atoms. The number of carbonyl (C=O) groups is 1. The summed E-state index contributed by atoms with van der Waals surface area (Å²) in [5, 5.41) is 15.1. The van der Waals surface area contributed by atoms with E-state index in [0.717, 1.165) is 21.9 Å². The van der Waals surface area contributed by atoms with Crippen molar-refractivity contribution in [3.63, 3.8) is 0 Å². The summed E-state index contributed by atoms with van der Waals surface area (Å²) in [6.07, 6.45) is 1.59. The largest absolute Gasteiger partial charge is 0.488 e. The first-order valence-electron chi connectivity index (χ1n) is 11.3. The minimum atomic E-state index is -0.508. The van der Waals surface area contributed by atoms with Crippen LogP contribution in [0.3, 0.4) is 0 Å². The number of nitrogens with one attached hydrogen (secondary N) is 1. The fraction of sp³-hybridized carbons (Fsp3) is 0.133. The second kappa shape index (κ2) is 10.5. The molecule has 0 aliphatic rings. The normalized spacial score (nSPS) is 11.2. The lowest BCUT2D eigenvalue weighted by Crippen LogP contribution is -2.14. The first-order chi connectivity index (χ1) is 16.9. The van der Waals surface area contributed by atoms with Crippen molar-refractivity contribution in [3.8, 4) is 11.8 Å². The van der Waals surface area contributed by atoms with E-state index in [1.54, 1.807) is 24.3 Å². The molecule has 5 heteroatoms. The highest BCUT2D eigenvalue weighted by Gasteiger charge is 2.15. The van der Waals surface area contributed by atoms with Gasteiger partial charge in [0.1, 0.15) is 24.0 Å². The van der Waals surface area contributed by atoms with Gasteiger partial charge in [0.15, 0.2) is 0 Å². The van der Waals surface area contributed by atoms with Gasteiger partial charge < -0.3 is 10.1 Å². The third-order valence-electron chi connectivity index (χ3n) is 6.07. The number of nitriles is 1. The maximum atomic E-state index is 13.0. The van der Waals surface area contributed by atoms with E-state index in [1.807, 2.05) is 55.5 Å². The molecular formula is C30H25ClN2O2. The third kappa shape index (κ3) is 5.37. The fourth-order valence-electron chi connectivity index (χ4n) is 3.83. The van der Waals surface area contributed by atoms with Gasteiger partial charge in [-0.05, 0) is 78.1 Å². The SMILES string of the molecule is Cc1ccc(COc2ccc3ccccc3c2/C=C(\C#N)C(=O)Nc2cccc(Cl)c2C)cc1C. The van der Waals surface area contributed by atoms with E-state index in [1.165, 1.54) is 11.1 Å². The molecule has 0 saturated carbocycles. The highest BCUT2D eigenvalue weighted by molar-refractivity contribution is 6.31. The molecule has 0 heterocycles. The van der Waals surface area contributed by atoms with Crippen LogP contribution >= 0.6 is 11.6 Å². The van der Waals surface area contributed by atoms with Crippen molar-refractivity contribution in [1.29, 1.82) is 5.26 Å². The molecule has 4 aromatic rings. The summed E-state index contributed by atoms with van der Waals surface area (Å²) in [6, 6.07) is 25.2. The number of amides is 1.